The van der Waals surface area contributed by atoms with Crippen molar-refractivity contribution in [2.24, 2.45) is 0 Å². The zero-order valence-electron chi connectivity index (χ0n) is 11.2. The lowest BCUT2D eigenvalue weighted by atomic mass is 10.0. The van der Waals surface area contributed by atoms with Crippen LogP contribution >= 0.6 is 0 Å². The molecule has 1 atom stereocenters. The Morgan fingerprint density at radius 2 is 2.12 bits per heavy atom. The molecule has 0 amide bonds. The van der Waals surface area contributed by atoms with Crippen LogP contribution in [0.3, 0.4) is 0 Å². The highest BCUT2D eigenvalue weighted by atomic mass is 15.1. The minimum atomic E-state index is 0.588. The van der Waals surface area contributed by atoms with Gasteiger partial charge in [0.2, 0.25) is 0 Å². The molecular weight excluding hydrogens is 208 g/mol. The van der Waals surface area contributed by atoms with E-state index in [-0.39, 0.29) is 0 Å². The molecule has 0 aliphatic carbocycles. The molecule has 0 aromatic heterocycles. The molecule has 1 aliphatic rings. The van der Waals surface area contributed by atoms with E-state index in [1.807, 2.05) is 0 Å². The first kappa shape index (κ1) is 12.4. The molecule has 2 rings (SSSR count). The van der Waals surface area contributed by atoms with Gasteiger partial charge in [0.05, 0.1) is 0 Å². The zero-order chi connectivity index (χ0) is 12.3. The smallest absolute Gasteiger partial charge is 0.0399 e. The Kier molecular flexibility index (Phi) is 4.06. The molecular formula is C15H24N2. The second-order valence-corrected chi connectivity index (χ2v) is 5.39. The second-order valence-electron chi connectivity index (χ2n) is 5.39. The number of nitrogens with zero attached hydrogens (tertiary/aromatic N) is 1. The average Bonchev–Trinajstić information content (AvgIpc) is 2.81. The van der Waals surface area contributed by atoms with Crippen molar-refractivity contribution in [3.05, 3.63) is 29.8 Å². The molecule has 2 nitrogen and oxygen atoms in total. The third-order valence-corrected chi connectivity index (χ3v) is 3.63. The number of likely N-dealkylation sites (N-methyl/N-ethyl adjacent to an activating group) is 1. The Morgan fingerprint density at radius 1 is 1.35 bits per heavy atom. The summed E-state index contributed by atoms with van der Waals surface area (Å²) in [5.41, 5.74) is 2.84. The van der Waals surface area contributed by atoms with Gasteiger partial charge in [-0.1, -0.05) is 32.0 Å². The Balaban J connectivity index is 2.09. The standard InChI is InChI=1S/C15H24N2/c1-12(2)14-8-4-5-9-15(14)17(3)11-13-7-6-10-16-13/h4-5,8-9,12-13,16H,6-7,10-11H2,1-3H3. The number of anilines is 1. The van der Waals surface area contributed by atoms with Crippen LogP contribution in [0.15, 0.2) is 24.3 Å². The zero-order valence-corrected chi connectivity index (χ0v) is 11.2. The van der Waals surface area contributed by atoms with Gasteiger partial charge in [0.25, 0.3) is 0 Å². The fraction of sp³-hybridized carbons (Fsp3) is 0.600. The molecule has 1 saturated heterocycles. The molecule has 0 spiro atoms. The molecule has 0 radical (unpaired) electrons. The molecule has 1 aromatic rings. The summed E-state index contributed by atoms with van der Waals surface area (Å²) in [5.74, 6) is 0.588. The fourth-order valence-corrected chi connectivity index (χ4v) is 2.66. The Morgan fingerprint density at radius 3 is 2.76 bits per heavy atom. The van der Waals surface area contributed by atoms with Crippen molar-refractivity contribution in [2.45, 2.75) is 38.6 Å². The van der Waals surface area contributed by atoms with Crippen LogP contribution in [0.2, 0.25) is 0 Å². The molecule has 1 N–H and O–H groups in total. The highest BCUT2D eigenvalue weighted by molar-refractivity contribution is 5.54. The lowest BCUT2D eigenvalue weighted by Crippen LogP contribution is -2.35. The van der Waals surface area contributed by atoms with Gasteiger partial charge in [0.15, 0.2) is 0 Å². The van der Waals surface area contributed by atoms with E-state index >= 15 is 0 Å². The molecule has 2 heteroatoms. The molecule has 1 aliphatic heterocycles. The summed E-state index contributed by atoms with van der Waals surface area (Å²) in [6.07, 6.45) is 2.64. The van der Waals surface area contributed by atoms with Crippen molar-refractivity contribution in [3.63, 3.8) is 0 Å². The van der Waals surface area contributed by atoms with Crippen molar-refractivity contribution >= 4 is 5.69 Å². The van der Waals surface area contributed by atoms with Crippen molar-refractivity contribution in [1.82, 2.24) is 5.32 Å². The van der Waals surface area contributed by atoms with Gasteiger partial charge in [-0.05, 0) is 36.9 Å². The number of hydrogen-bond donors (Lipinski definition) is 1. The largest absolute Gasteiger partial charge is 0.373 e. The Hall–Kier alpha value is -1.02. The van der Waals surface area contributed by atoms with E-state index in [1.54, 1.807) is 0 Å². The van der Waals surface area contributed by atoms with Crippen LogP contribution in [0.25, 0.3) is 0 Å². The molecule has 1 fully saturated rings. The number of rotatable bonds is 4. The maximum absolute atomic E-state index is 3.56. The number of benzene rings is 1. The normalized spacial score (nSPS) is 19.9. The lowest BCUT2D eigenvalue weighted by Gasteiger charge is -2.26. The molecule has 1 heterocycles. The van der Waals surface area contributed by atoms with E-state index in [0.717, 1.165) is 6.54 Å². The predicted molar refractivity (Wildman–Crippen MR) is 74.8 cm³/mol. The van der Waals surface area contributed by atoms with E-state index in [1.165, 1.54) is 30.6 Å². The summed E-state index contributed by atoms with van der Waals surface area (Å²) in [5, 5.41) is 3.56. The SMILES string of the molecule is CC(C)c1ccccc1N(C)CC1CCCN1. The summed E-state index contributed by atoms with van der Waals surface area (Å²) in [4.78, 5) is 2.40. The molecule has 1 unspecified atom stereocenters. The number of hydrogen-bond acceptors (Lipinski definition) is 2. The van der Waals surface area contributed by atoms with E-state index in [0.29, 0.717) is 12.0 Å². The van der Waals surface area contributed by atoms with E-state index in [4.69, 9.17) is 0 Å². The third kappa shape index (κ3) is 3.01. The number of nitrogens with one attached hydrogen (secondary N) is 1. The molecule has 1 aromatic carbocycles. The van der Waals surface area contributed by atoms with Crippen molar-refractivity contribution < 1.29 is 0 Å². The summed E-state index contributed by atoms with van der Waals surface area (Å²) >= 11 is 0. The minimum absolute atomic E-state index is 0.588. The second kappa shape index (κ2) is 5.54. The van der Waals surface area contributed by atoms with Gasteiger partial charge in [-0.3, -0.25) is 0 Å². The van der Waals surface area contributed by atoms with Crippen molar-refractivity contribution in [3.8, 4) is 0 Å². The number of para-hydroxylation sites is 1. The van der Waals surface area contributed by atoms with E-state index < -0.39 is 0 Å². The quantitative estimate of drug-likeness (QED) is 0.858. The highest BCUT2D eigenvalue weighted by Gasteiger charge is 2.17. The van der Waals surface area contributed by atoms with Gasteiger partial charge < -0.3 is 10.2 Å². The van der Waals surface area contributed by atoms with Crippen LogP contribution in [-0.4, -0.2) is 26.2 Å². The fourth-order valence-electron chi connectivity index (χ4n) is 2.66. The van der Waals surface area contributed by atoms with Crippen LogP contribution in [0.1, 0.15) is 38.2 Å². The first-order chi connectivity index (χ1) is 8.18. The van der Waals surface area contributed by atoms with Gasteiger partial charge in [-0.15, -0.1) is 0 Å². The average molecular weight is 232 g/mol. The van der Waals surface area contributed by atoms with E-state index in [2.05, 4.69) is 55.4 Å². The molecule has 17 heavy (non-hydrogen) atoms. The van der Waals surface area contributed by atoms with Gasteiger partial charge in [0, 0.05) is 25.3 Å². The molecule has 94 valence electrons. The Bertz CT molecular complexity index is 354. The predicted octanol–water partition coefficient (Wildman–Crippen LogP) is 3.00. The topological polar surface area (TPSA) is 15.3 Å². The van der Waals surface area contributed by atoms with Crippen LogP contribution < -0.4 is 10.2 Å². The van der Waals surface area contributed by atoms with Crippen molar-refractivity contribution in [2.75, 3.05) is 25.0 Å². The van der Waals surface area contributed by atoms with Gasteiger partial charge >= 0.3 is 0 Å². The molecule has 0 bridgehead atoms. The monoisotopic (exact) mass is 232 g/mol. The minimum Gasteiger partial charge on any atom is -0.373 e. The highest BCUT2D eigenvalue weighted by Crippen LogP contribution is 2.26. The Labute approximate surface area is 105 Å². The maximum atomic E-state index is 3.56. The van der Waals surface area contributed by atoms with Crippen molar-refractivity contribution in [1.29, 1.82) is 0 Å². The first-order valence-electron chi connectivity index (χ1n) is 6.72. The molecule has 0 saturated carbocycles. The van der Waals surface area contributed by atoms with Crippen LogP contribution in [0, 0.1) is 0 Å². The third-order valence-electron chi connectivity index (χ3n) is 3.63. The summed E-state index contributed by atoms with van der Waals surface area (Å²) in [6, 6.07) is 9.43. The van der Waals surface area contributed by atoms with Gasteiger partial charge in [-0.2, -0.15) is 0 Å². The van der Waals surface area contributed by atoms with Crippen LogP contribution in [0.4, 0.5) is 5.69 Å². The van der Waals surface area contributed by atoms with Crippen LogP contribution in [0.5, 0.6) is 0 Å². The summed E-state index contributed by atoms with van der Waals surface area (Å²) in [6.45, 7) is 6.83. The van der Waals surface area contributed by atoms with Crippen LogP contribution in [-0.2, 0) is 0 Å². The lowest BCUT2D eigenvalue weighted by molar-refractivity contribution is 0.598. The maximum Gasteiger partial charge on any atom is 0.0399 e. The van der Waals surface area contributed by atoms with E-state index in [9.17, 15) is 0 Å². The first-order valence-corrected chi connectivity index (χ1v) is 6.72. The summed E-state index contributed by atoms with van der Waals surface area (Å²) < 4.78 is 0. The van der Waals surface area contributed by atoms with Gasteiger partial charge in [-0.25, -0.2) is 0 Å². The summed E-state index contributed by atoms with van der Waals surface area (Å²) in [7, 11) is 2.21. The van der Waals surface area contributed by atoms with Gasteiger partial charge in [0.1, 0.15) is 0 Å².